The number of aliphatic hydroxyl groups is 1. The lowest BCUT2D eigenvalue weighted by molar-refractivity contribution is 0.0769. The number of hydrogen-bond donors (Lipinski definition) is 1. The first-order chi connectivity index (χ1) is 16.6. The van der Waals surface area contributed by atoms with E-state index >= 15 is 0 Å². The van der Waals surface area contributed by atoms with Gasteiger partial charge in [0.2, 0.25) is 0 Å². The second-order valence-electron chi connectivity index (χ2n) is 8.75. The van der Waals surface area contributed by atoms with E-state index in [0.29, 0.717) is 29.6 Å². The molecule has 0 spiro atoms. The van der Waals surface area contributed by atoms with Crippen LogP contribution in [0.1, 0.15) is 36.2 Å². The quantitative estimate of drug-likeness (QED) is 0.439. The van der Waals surface area contributed by atoms with Gasteiger partial charge in [-0.25, -0.2) is 4.98 Å². The van der Waals surface area contributed by atoms with Crippen LogP contribution in [-0.2, 0) is 12.2 Å². The Morgan fingerprint density at radius 1 is 1.09 bits per heavy atom. The van der Waals surface area contributed by atoms with Gasteiger partial charge in [-0.1, -0.05) is 11.6 Å². The maximum Gasteiger partial charge on any atom is 0.263 e. The van der Waals surface area contributed by atoms with Crippen molar-refractivity contribution in [1.82, 2.24) is 19.1 Å². The van der Waals surface area contributed by atoms with Crippen molar-refractivity contribution in [2.24, 2.45) is 0 Å². The highest BCUT2D eigenvalue weighted by molar-refractivity contribution is 6.31. The second kappa shape index (κ2) is 9.48. The van der Waals surface area contributed by atoms with Gasteiger partial charge in [0, 0.05) is 48.7 Å². The fourth-order valence-electron chi connectivity index (χ4n) is 3.83. The zero-order chi connectivity index (χ0) is 25.3. The number of aromatic nitrogens is 4. The molecule has 0 saturated heterocycles. The molecule has 35 heavy (non-hydrogen) atoms. The predicted octanol–water partition coefficient (Wildman–Crippen LogP) is 3.86. The highest BCUT2D eigenvalue weighted by atomic mass is 35.5. The third-order valence-electron chi connectivity index (χ3n) is 5.55. The van der Waals surface area contributed by atoms with Crippen LogP contribution in [0.4, 0.5) is 0 Å². The molecule has 0 bridgehead atoms. The van der Waals surface area contributed by atoms with Crippen molar-refractivity contribution < 1.29 is 9.84 Å². The van der Waals surface area contributed by atoms with E-state index in [9.17, 15) is 14.7 Å². The summed E-state index contributed by atoms with van der Waals surface area (Å²) in [6, 6.07) is 10.1. The number of halogens is 1. The highest BCUT2D eigenvalue weighted by Crippen LogP contribution is 2.25. The van der Waals surface area contributed by atoms with Crippen LogP contribution < -0.4 is 15.9 Å². The molecule has 0 aliphatic heterocycles. The molecule has 180 valence electrons. The molecule has 0 fully saturated rings. The van der Waals surface area contributed by atoms with Crippen LogP contribution in [0.25, 0.3) is 11.5 Å². The Morgan fingerprint density at radius 3 is 2.46 bits per heavy atom. The number of rotatable bonds is 6. The largest absolute Gasteiger partial charge is 0.489 e. The first-order valence-corrected chi connectivity index (χ1v) is 11.3. The first kappa shape index (κ1) is 24.4. The predicted molar refractivity (Wildman–Crippen MR) is 134 cm³/mol. The van der Waals surface area contributed by atoms with Gasteiger partial charge < -0.3 is 9.84 Å². The van der Waals surface area contributed by atoms with Crippen LogP contribution in [-0.4, -0.2) is 24.2 Å². The number of ether oxygens (including phenoxy) is 1. The van der Waals surface area contributed by atoms with Gasteiger partial charge in [0.05, 0.1) is 21.9 Å². The van der Waals surface area contributed by atoms with E-state index in [4.69, 9.17) is 16.3 Å². The fourth-order valence-corrected chi connectivity index (χ4v) is 4.20. The molecule has 0 unspecified atom stereocenters. The summed E-state index contributed by atoms with van der Waals surface area (Å²) in [5.41, 5.74) is 0.767. The summed E-state index contributed by atoms with van der Waals surface area (Å²) in [6.45, 7) is 6.94. The summed E-state index contributed by atoms with van der Waals surface area (Å²) in [7, 11) is 0. The van der Waals surface area contributed by atoms with Gasteiger partial charge in [-0.05, 0) is 57.0 Å². The summed E-state index contributed by atoms with van der Waals surface area (Å²) >= 11 is 6.19. The molecule has 9 heteroatoms. The third kappa shape index (κ3) is 5.03. The lowest BCUT2D eigenvalue weighted by Gasteiger charge is -2.20. The zero-order valence-corrected chi connectivity index (χ0v) is 20.6. The summed E-state index contributed by atoms with van der Waals surface area (Å²) in [6.07, 6.45) is 6.45. The number of aryl methyl sites for hydroxylation is 2. The minimum absolute atomic E-state index is 0.0645. The Bertz CT molecular complexity index is 1510. The van der Waals surface area contributed by atoms with E-state index in [-0.39, 0.29) is 16.1 Å². The van der Waals surface area contributed by atoms with Crippen LogP contribution in [0.2, 0.25) is 5.02 Å². The van der Waals surface area contributed by atoms with Gasteiger partial charge in [0.25, 0.3) is 11.1 Å². The monoisotopic (exact) mass is 492 g/mol. The molecule has 0 aliphatic carbocycles. The van der Waals surface area contributed by atoms with E-state index in [1.54, 1.807) is 37.6 Å². The minimum atomic E-state index is -1.44. The van der Waals surface area contributed by atoms with Crippen LogP contribution in [0.15, 0.2) is 70.8 Å². The van der Waals surface area contributed by atoms with E-state index in [0.717, 1.165) is 11.1 Å². The normalized spacial score (nSPS) is 11.5. The molecular weight excluding hydrogens is 468 g/mol. The minimum Gasteiger partial charge on any atom is -0.489 e. The molecular formula is C26H25ClN4O4. The first-order valence-electron chi connectivity index (χ1n) is 10.9. The Kier molecular flexibility index (Phi) is 6.60. The van der Waals surface area contributed by atoms with E-state index in [2.05, 4.69) is 9.97 Å². The molecule has 4 rings (SSSR count). The topological polar surface area (TPSA) is 99.2 Å². The molecule has 0 atom stereocenters. The second-order valence-corrected chi connectivity index (χ2v) is 9.16. The molecule has 4 aromatic heterocycles. The summed E-state index contributed by atoms with van der Waals surface area (Å²) in [5, 5.41) is 10.6. The van der Waals surface area contributed by atoms with Crippen molar-refractivity contribution >= 4 is 11.6 Å². The van der Waals surface area contributed by atoms with E-state index < -0.39 is 11.2 Å². The van der Waals surface area contributed by atoms with Crippen molar-refractivity contribution in [3.05, 3.63) is 109 Å². The average molecular weight is 493 g/mol. The van der Waals surface area contributed by atoms with Crippen LogP contribution >= 0.6 is 11.6 Å². The van der Waals surface area contributed by atoms with Crippen LogP contribution in [0.5, 0.6) is 5.75 Å². The lowest BCUT2D eigenvalue weighted by Crippen LogP contribution is -2.32. The molecule has 0 amide bonds. The maximum atomic E-state index is 13.1. The van der Waals surface area contributed by atoms with Crippen molar-refractivity contribution in [3.63, 3.8) is 0 Å². The van der Waals surface area contributed by atoms with E-state index in [1.165, 1.54) is 41.3 Å². The number of nitrogens with zero attached hydrogens (tertiary/aromatic N) is 4. The molecule has 8 nitrogen and oxygen atoms in total. The molecule has 0 saturated carbocycles. The fraction of sp³-hybridized carbons (Fsp3) is 0.231. The van der Waals surface area contributed by atoms with Gasteiger partial charge in [-0.2, -0.15) is 0 Å². The lowest BCUT2D eigenvalue weighted by atomic mass is 10.00. The van der Waals surface area contributed by atoms with Crippen LogP contribution in [0, 0.1) is 13.8 Å². The maximum absolute atomic E-state index is 13.1. The smallest absolute Gasteiger partial charge is 0.263 e. The standard InChI is InChI=1S/C26H25ClN4O4/c1-16-14-29-22(30-10-7-20(27)24(25(30)33)26(3,4)34)13-21(16)31-17(2)11-19(12-23(31)32)35-15-18-5-8-28-9-6-18/h5-14,34H,15H2,1-4H3. The van der Waals surface area contributed by atoms with Gasteiger partial charge in [0.15, 0.2) is 0 Å². The summed E-state index contributed by atoms with van der Waals surface area (Å²) in [4.78, 5) is 34.6. The SMILES string of the molecule is Cc1cnc(-n2ccc(Cl)c(C(C)(C)O)c2=O)cc1-n1c(C)cc(OCc2ccncc2)cc1=O. The van der Waals surface area contributed by atoms with Gasteiger partial charge >= 0.3 is 0 Å². The molecule has 0 radical (unpaired) electrons. The molecule has 0 aliphatic rings. The Labute approximate surface area is 207 Å². The third-order valence-corrected chi connectivity index (χ3v) is 5.86. The van der Waals surface area contributed by atoms with Crippen molar-refractivity contribution in [1.29, 1.82) is 0 Å². The zero-order valence-electron chi connectivity index (χ0n) is 19.8. The highest BCUT2D eigenvalue weighted by Gasteiger charge is 2.25. The summed E-state index contributed by atoms with van der Waals surface area (Å²) < 4.78 is 8.64. The summed E-state index contributed by atoms with van der Waals surface area (Å²) in [5.74, 6) is 0.748. The molecule has 4 aromatic rings. The van der Waals surface area contributed by atoms with Crippen molar-refractivity contribution in [3.8, 4) is 17.3 Å². The Hall–Kier alpha value is -3.75. The number of pyridine rings is 4. The molecule has 1 N–H and O–H groups in total. The van der Waals surface area contributed by atoms with Crippen molar-refractivity contribution in [2.75, 3.05) is 0 Å². The Balaban J connectivity index is 1.75. The molecule has 4 heterocycles. The van der Waals surface area contributed by atoms with Gasteiger partial charge in [-0.3, -0.25) is 23.7 Å². The van der Waals surface area contributed by atoms with Crippen molar-refractivity contribution in [2.45, 2.75) is 39.9 Å². The Morgan fingerprint density at radius 2 is 1.80 bits per heavy atom. The number of hydrogen-bond acceptors (Lipinski definition) is 6. The van der Waals surface area contributed by atoms with Gasteiger partial charge in [0.1, 0.15) is 18.2 Å². The van der Waals surface area contributed by atoms with Crippen LogP contribution in [0.3, 0.4) is 0 Å². The van der Waals surface area contributed by atoms with E-state index in [1.807, 2.05) is 19.1 Å². The molecule has 0 aromatic carbocycles. The van der Waals surface area contributed by atoms with Gasteiger partial charge in [-0.15, -0.1) is 0 Å². The average Bonchev–Trinajstić information content (AvgIpc) is 2.78.